The molecule has 3 N–H and O–H groups in total. The van der Waals surface area contributed by atoms with Crippen LogP contribution in [-0.4, -0.2) is 16.9 Å². The lowest BCUT2D eigenvalue weighted by atomic mass is 10.2. The first kappa shape index (κ1) is 23.3. The van der Waals surface area contributed by atoms with Crippen molar-refractivity contribution in [2.75, 3.05) is 10.6 Å². The van der Waals surface area contributed by atoms with Crippen LogP contribution in [0.4, 0.5) is 11.4 Å². The van der Waals surface area contributed by atoms with Gasteiger partial charge >= 0.3 is 0 Å². The monoisotopic (exact) mass is 539 g/mol. The van der Waals surface area contributed by atoms with Crippen LogP contribution in [0.2, 0.25) is 10.0 Å². The van der Waals surface area contributed by atoms with Gasteiger partial charge in [-0.15, -0.1) is 11.3 Å². The average Bonchev–Trinajstić information content (AvgIpc) is 3.41. The molecule has 35 heavy (non-hydrogen) atoms. The second kappa shape index (κ2) is 9.67. The number of amides is 2. The number of thiocarbonyl (C=S) groups is 1. The first-order valence-electron chi connectivity index (χ1n) is 10.3. The minimum atomic E-state index is -0.417. The fourth-order valence-corrected chi connectivity index (χ4v) is 5.33. The molecule has 2 heterocycles. The fraction of sp³-hybridized carbons (Fsp3) is 0. The molecule has 0 bridgehead atoms. The molecule has 0 spiro atoms. The van der Waals surface area contributed by atoms with Crippen molar-refractivity contribution in [1.29, 1.82) is 0 Å². The largest absolute Gasteiger partial charge is 0.451 e. The fourth-order valence-electron chi connectivity index (χ4n) is 3.43. The number of nitrogens with one attached hydrogen (secondary N) is 3. The van der Waals surface area contributed by atoms with Gasteiger partial charge in [0.25, 0.3) is 11.8 Å². The van der Waals surface area contributed by atoms with Crippen molar-refractivity contribution in [2.45, 2.75) is 0 Å². The van der Waals surface area contributed by atoms with Gasteiger partial charge in [0.2, 0.25) is 0 Å². The Bertz CT molecular complexity index is 1580. The molecule has 0 radical (unpaired) electrons. The summed E-state index contributed by atoms with van der Waals surface area (Å²) in [6, 6.07) is 21.2. The number of thiophene rings is 1. The molecule has 2 aromatic heterocycles. The molecule has 5 aromatic rings. The van der Waals surface area contributed by atoms with E-state index in [9.17, 15) is 9.59 Å². The van der Waals surface area contributed by atoms with Gasteiger partial charge < -0.3 is 15.1 Å². The summed E-state index contributed by atoms with van der Waals surface area (Å²) in [5.74, 6) is -0.551. The summed E-state index contributed by atoms with van der Waals surface area (Å²) in [5.41, 5.74) is 1.85. The highest BCUT2D eigenvalue weighted by molar-refractivity contribution is 7.80. The Hall–Kier alpha value is -3.43. The standard InChI is InChI=1S/C25H15Cl2N3O3S2/c26-14-5-10-17-20(12-14)35-22(21(17)27)24(32)30-25(34)29-16-8-6-15(7-9-16)28-23(31)19-11-13-3-1-2-4-18(13)33-19/h1-12H,(H,28,31)(H2,29,30,32,34). The van der Waals surface area contributed by atoms with E-state index in [4.69, 9.17) is 39.8 Å². The van der Waals surface area contributed by atoms with Crippen LogP contribution < -0.4 is 16.0 Å². The zero-order valence-corrected chi connectivity index (χ0v) is 20.9. The topological polar surface area (TPSA) is 83.4 Å². The third-order valence-corrected chi connectivity index (χ3v) is 7.17. The highest BCUT2D eigenvalue weighted by atomic mass is 35.5. The zero-order valence-electron chi connectivity index (χ0n) is 17.7. The summed E-state index contributed by atoms with van der Waals surface area (Å²) in [4.78, 5) is 25.5. The lowest BCUT2D eigenvalue weighted by Crippen LogP contribution is -2.33. The molecule has 0 aliphatic rings. The molecule has 0 saturated carbocycles. The smallest absolute Gasteiger partial charge is 0.291 e. The minimum Gasteiger partial charge on any atom is -0.451 e. The van der Waals surface area contributed by atoms with Gasteiger partial charge in [0.05, 0.1) is 5.02 Å². The Morgan fingerprint density at radius 2 is 1.57 bits per heavy atom. The Morgan fingerprint density at radius 3 is 2.31 bits per heavy atom. The maximum atomic E-state index is 12.7. The molecule has 5 rings (SSSR count). The third-order valence-electron chi connectivity index (χ3n) is 5.07. The van der Waals surface area contributed by atoms with E-state index in [0.717, 1.165) is 15.5 Å². The van der Waals surface area contributed by atoms with Crippen molar-refractivity contribution >= 4 is 96.1 Å². The number of furan rings is 1. The third kappa shape index (κ3) is 5.01. The van der Waals surface area contributed by atoms with Crippen molar-refractivity contribution in [1.82, 2.24) is 5.32 Å². The highest BCUT2D eigenvalue weighted by Crippen LogP contribution is 2.36. The highest BCUT2D eigenvalue weighted by Gasteiger charge is 2.18. The van der Waals surface area contributed by atoms with Gasteiger partial charge in [-0.05, 0) is 60.7 Å². The molecule has 0 aliphatic carbocycles. The number of fused-ring (bicyclic) bond motifs is 2. The number of para-hydroxylation sites is 1. The van der Waals surface area contributed by atoms with E-state index in [2.05, 4.69) is 16.0 Å². The van der Waals surface area contributed by atoms with E-state index in [0.29, 0.717) is 31.9 Å². The van der Waals surface area contributed by atoms with E-state index in [1.165, 1.54) is 11.3 Å². The maximum absolute atomic E-state index is 12.7. The molecule has 3 aromatic carbocycles. The van der Waals surface area contributed by atoms with Crippen LogP contribution in [-0.2, 0) is 0 Å². The molecule has 0 aliphatic heterocycles. The van der Waals surface area contributed by atoms with Crippen LogP contribution in [0.15, 0.2) is 77.2 Å². The molecule has 0 saturated heterocycles. The van der Waals surface area contributed by atoms with Crippen molar-refractivity contribution in [3.8, 4) is 0 Å². The van der Waals surface area contributed by atoms with Crippen LogP contribution >= 0.6 is 46.8 Å². The number of carbonyl (C=O) groups is 2. The Morgan fingerprint density at radius 1 is 0.857 bits per heavy atom. The predicted octanol–water partition coefficient (Wildman–Crippen LogP) is 7.33. The molecule has 0 fully saturated rings. The first-order chi connectivity index (χ1) is 16.9. The quantitative estimate of drug-likeness (QED) is 0.208. The van der Waals surface area contributed by atoms with Gasteiger partial charge in [0, 0.05) is 31.9 Å². The maximum Gasteiger partial charge on any atom is 0.291 e. The van der Waals surface area contributed by atoms with Crippen LogP contribution in [0, 0.1) is 0 Å². The van der Waals surface area contributed by atoms with Crippen molar-refractivity contribution in [2.24, 2.45) is 0 Å². The second-order valence-corrected chi connectivity index (χ2v) is 9.75. The number of benzene rings is 3. The number of hydrogen-bond donors (Lipinski definition) is 3. The Balaban J connectivity index is 1.20. The number of carbonyl (C=O) groups excluding carboxylic acids is 2. The molecule has 6 nitrogen and oxygen atoms in total. The predicted molar refractivity (Wildman–Crippen MR) is 146 cm³/mol. The second-order valence-electron chi connectivity index (χ2n) is 7.47. The van der Waals surface area contributed by atoms with Gasteiger partial charge in [0.1, 0.15) is 10.5 Å². The van der Waals surface area contributed by atoms with E-state index in [1.54, 1.807) is 54.6 Å². The van der Waals surface area contributed by atoms with Crippen molar-refractivity contribution in [3.63, 3.8) is 0 Å². The summed E-state index contributed by atoms with van der Waals surface area (Å²) in [7, 11) is 0. The number of halogens is 2. The summed E-state index contributed by atoms with van der Waals surface area (Å²) < 4.78 is 6.40. The first-order valence-corrected chi connectivity index (χ1v) is 12.3. The Kier molecular flexibility index (Phi) is 6.44. The molecule has 0 unspecified atom stereocenters. The van der Waals surface area contributed by atoms with E-state index in [1.807, 2.05) is 18.2 Å². The van der Waals surface area contributed by atoms with Crippen LogP contribution in [0.1, 0.15) is 20.2 Å². The lowest BCUT2D eigenvalue weighted by Gasteiger charge is -2.10. The molecular weight excluding hydrogens is 525 g/mol. The SMILES string of the molecule is O=C(Nc1ccc(NC(=S)NC(=O)c2sc3cc(Cl)ccc3c2Cl)cc1)c1cc2ccccc2o1. The number of rotatable bonds is 4. The van der Waals surface area contributed by atoms with Gasteiger partial charge in [0.15, 0.2) is 10.9 Å². The summed E-state index contributed by atoms with van der Waals surface area (Å²) >= 11 is 18.9. The normalized spacial score (nSPS) is 10.9. The Labute approximate surface area is 218 Å². The lowest BCUT2D eigenvalue weighted by molar-refractivity contribution is 0.0978. The van der Waals surface area contributed by atoms with Gasteiger partial charge in [-0.25, -0.2) is 0 Å². The molecule has 2 amide bonds. The van der Waals surface area contributed by atoms with Crippen molar-refractivity contribution in [3.05, 3.63) is 93.5 Å². The zero-order chi connectivity index (χ0) is 24.5. The molecule has 10 heteroatoms. The van der Waals surface area contributed by atoms with Crippen LogP contribution in [0.3, 0.4) is 0 Å². The van der Waals surface area contributed by atoms with Gasteiger partial charge in [-0.1, -0.05) is 47.5 Å². The number of hydrogen-bond acceptors (Lipinski definition) is 5. The van der Waals surface area contributed by atoms with E-state index < -0.39 is 5.91 Å². The van der Waals surface area contributed by atoms with Crippen LogP contribution in [0.5, 0.6) is 0 Å². The average molecular weight is 540 g/mol. The minimum absolute atomic E-state index is 0.112. The van der Waals surface area contributed by atoms with Crippen LogP contribution in [0.25, 0.3) is 21.1 Å². The van der Waals surface area contributed by atoms with Crippen molar-refractivity contribution < 1.29 is 14.0 Å². The van der Waals surface area contributed by atoms with E-state index in [-0.39, 0.29) is 16.8 Å². The van der Waals surface area contributed by atoms with E-state index >= 15 is 0 Å². The molecule has 174 valence electrons. The molecule has 0 atom stereocenters. The number of anilines is 2. The van der Waals surface area contributed by atoms with Gasteiger partial charge in [-0.2, -0.15) is 0 Å². The summed E-state index contributed by atoms with van der Waals surface area (Å²) in [6.45, 7) is 0. The molecular formula is C25H15Cl2N3O3S2. The summed E-state index contributed by atoms with van der Waals surface area (Å²) in [6.07, 6.45) is 0. The van der Waals surface area contributed by atoms with Gasteiger partial charge in [-0.3, -0.25) is 14.9 Å². The summed E-state index contributed by atoms with van der Waals surface area (Å²) in [5, 5.41) is 11.0.